The van der Waals surface area contributed by atoms with Gasteiger partial charge in [0.25, 0.3) is 0 Å². The standard InChI is InChI=1S/C24H39NO3/c1-2-3-4-11-16-21(26)17-12-9-7-5-6-8-10-13-20-24(28)25-22-18-14-15-19-23(22)27/h9,12,14-15,18-19,21,26-27H,2-8,10-11,13,16-17,20H2,1H3,(H,25,28)/b12-9-/t21-/m1/s1. The van der Waals surface area contributed by atoms with Crippen LogP contribution in [0.4, 0.5) is 5.69 Å². The lowest BCUT2D eigenvalue weighted by atomic mass is 10.1. The first-order chi connectivity index (χ1) is 13.6. The highest BCUT2D eigenvalue weighted by molar-refractivity contribution is 5.92. The number of allylic oxidation sites excluding steroid dienone is 1. The summed E-state index contributed by atoms with van der Waals surface area (Å²) in [4.78, 5) is 11.9. The van der Waals surface area contributed by atoms with E-state index in [1.54, 1.807) is 24.3 Å². The molecule has 0 aliphatic rings. The number of amides is 1. The molecule has 28 heavy (non-hydrogen) atoms. The van der Waals surface area contributed by atoms with Gasteiger partial charge >= 0.3 is 0 Å². The molecule has 0 unspecified atom stereocenters. The smallest absolute Gasteiger partial charge is 0.224 e. The number of carbonyl (C=O) groups excluding carboxylic acids is 1. The summed E-state index contributed by atoms with van der Waals surface area (Å²) in [6.45, 7) is 2.20. The molecule has 0 aliphatic carbocycles. The fourth-order valence-corrected chi connectivity index (χ4v) is 3.17. The molecule has 4 nitrogen and oxygen atoms in total. The van der Waals surface area contributed by atoms with Gasteiger partial charge in [0.2, 0.25) is 5.91 Å². The molecule has 0 saturated carbocycles. The zero-order chi connectivity index (χ0) is 20.5. The number of hydrogen-bond acceptors (Lipinski definition) is 3. The number of anilines is 1. The molecule has 1 aromatic carbocycles. The second-order valence-electron chi connectivity index (χ2n) is 7.58. The van der Waals surface area contributed by atoms with Crippen molar-refractivity contribution in [1.82, 2.24) is 0 Å². The van der Waals surface area contributed by atoms with E-state index < -0.39 is 0 Å². The first kappa shape index (κ1) is 24.2. The van der Waals surface area contributed by atoms with Crippen LogP contribution in [-0.2, 0) is 4.79 Å². The number of nitrogens with one attached hydrogen (secondary N) is 1. The van der Waals surface area contributed by atoms with Crippen LogP contribution >= 0.6 is 0 Å². The molecule has 0 radical (unpaired) electrons. The normalized spacial score (nSPS) is 12.4. The molecule has 0 spiro atoms. The monoisotopic (exact) mass is 389 g/mol. The van der Waals surface area contributed by atoms with Crippen molar-refractivity contribution in [2.75, 3.05) is 5.32 Å². The van der Waals surface area contributed by atoms with Gasteiger partial charge in [-0.1, -0.05) is 76.2 Å². The first-order valence-electron chi connectivity index (χ1n) is 11.0. The number of carbonyl (C=O) groups is 1. The van der Waals surface area contributed by atoms with E-state index in [0.29, 0.717) is 12.1 Å². The van der Waals surface area contributed by atoms with Crippen molar-refractivity contribution >= 4 is 11.6 Å². The Labute approximate surface area is 171 Å². The molecule has 0 aromatic heterocycles. The summed E-state index contributed by atoms with van der Waals surface area (Å²) in [6, 6.07) is 6.79. The predicted octanol–water partition coefficient (Wildman–Crippen LogP) is 6.34. The van der Waals surface area contributed by atoms with Crippen molar-refractivity contribution in [2.24, 2.45) is 0 Å². The third-order valence-corrected chi connectivity index (χ3v) is 4.92. The van der Waals surface area contributed by atoms with Gasteiger partial charge in [0.15, 0.2) is 0 Å². The van der Waals surface area contributed by atoms with Crippen molar-refractivity contribution in [2.45, 2.75) is 96.5 Å². The lowest BCUT2D eigenvalue weighted by molar-refractivity contribution is -0.116. The maximum atomic E-state index is 11.9. The largest absolute Gasteiger partial charge is 0.506 e. The van der Waals surface area contributed by atoms with Crippen molar-refractivity contribution < 1.29 is 15.0 Å². The third-order valence-electron chi connectivity index (χ3n) is 4.92. The average molecular weight is 390 g/mol. The SMILES string of the molecule is CCCCCC[C@@H](O)C/C=C\CCCCCCCC(=O)Nc1ccccc1O. The molecular formula is C24H39NO3. The maximum absolute atomic E-state index is 11.9. The summed E-state index contributed by atoms with van der Waals surface area (Å²) in [5.41, 5.74) is 0.477. The topological polar surface area (TPSA) is 69.6 Å². The van der Waals surface area contributed by atoms with Crippen LogP contribution in [0.1, 0.15) is 90.4 Å². The molecule has 0 saturated heterocycles. The van der Waals surface area contributed by atoms with Gasteiger partial charge in [-0.2, -0.15) is 0 Å². The van der Waals surface area contributed by atoms with E-state index in [9.17, 15) is 15.0 Å². The molecule has 0 fully saturated rings. The minimum atomic E-state index is -0.183. The fourth-order valence-electron chi connectivity index (χ4n) is 3.17. The minimum Gasteiger partial charge on any atom is -0.506 e. The summed E-state index contributed by atoms with van der Waals surface area (Å²) >= 11 is 0. The van der Waals surface area contributed by atoms with Crippen molar-refractivity contribution in [3.05, 3.63) is 36.4 Å². The highest BCUT2D eigenvalue weighted by atomic mass is 16.3. The lowest BCUT2D eigenvalue weighted by Crippen LogP contribution is -2.11. The molecule has 1 amide bonds. The number of para-hydroxylation sites is 2. The number of aliphatic hydroxyl groups is 1. The van der Waals surface area contributed by atoms with Gasteiger partial charge in [0.05, 0.1) is 11.8 Å². The lowest BCUT2D eigenvalue weighted by Gasteiger charge is -2.07. The van der Waals surface area contributed by atoms with Crippen LogP contribution in [0.15, 0.2) is 36.4 Å². The summed E-state index contributed by atoms with van der Waals surface area (Å²) in [7, 11) is 0. The number of rotatable bonds is 16. The molecule has 0 heterocycles. The Morgan fingerprint density at radius 1 is 1.00 bits per heavy atom. The molecule has 1 rings (SSSR count). The van der Waals surface area contributed by atoms with Crippen LogP contribution in [0.25, 0.3) is 0 Å². The van der Waals surface area contributed by atoms with Gasteiger partial charge < -0.3 is 15.5 Å². The quantitative estimate of drug-likeness (QED) is 0.175. The van der Waals surface area contributed by atoms with Gasteiger partial charge in [-0.05, 0) is 44.2 Å². The molecule has 1 atom stereocenters. The van der Waals surface area contributed by atoms with E-state index in [-0.39, 0.29) is 17.8 Å². The summed E-state index contributed by atoms with van der Waals surface area (Å²) < 4.78 is 0. The number of aromatic hydroxyl groups is 1. The van der Waals surface area contributed by atoms with Crippen molar-refractivity contribution in [3.63, 3.8) is 0 Å². The van der Waals surface area contributed by atoms with E-state index in [2.05, 4.69) is 24.4 Å². The van der Waals surface area contributed by atoms with Crippen LogP contribution in [0.2, 0.25) is 0 Å². The number of unbranched alkanes of at least 4 members (excludes halogenated alkanes) is 8. The van der Waals surface area contributed by atoms with Gasteiger partial charge in [-0.15, -0.1) is 0 Å². The van der Waals surface area contributed by atoms with Crippen molar-refractivity contribution in [3.8, 4) is 5.75 Å². The van der Waals surface area contributed by atoms with Gasteiger partial charge in [-0.25, -0.2) is 0 Å². The van der Waals surface area contributed by atoms with E-state index in [1.165, 1.54) is 25.7 Å². The molecule has 1 aromatic rings. The van der Waals surface area contributed by atoms with Crippen molar-refractivity contribution in [1.29, 1.82) is 0 Å². The van der Waals surface area contributed by atoms with Gasteiger partial charge in [-0.3, -0.25) is 4.79 Å². The van der Waals surface area contributed by atoms with E-state index in [0.717, 1.165) is 51.4 Å². The first-order valence-corrected chi connectivity index (χ1v) is 11.0. The average Bonchev–Trinajstić information content (AvgIpc) is 2.68. The molecule has 3 N–H and O–H groups in total. The fraction of sp³-hybridized carbons (Fsp3) is 0.625. The van der Waals surface area contributed by atoms with Gasteiger partial charge in [0.1, 0.15) is 5.75 Å². The van der Waals surface area contributed by atoms with Crippen LogP contribution < -0.4 is 5.32 Å². The molecule has 4 heteroatoms. The van der Waals surface area contributed by atoms with Crippen LogP contribution in [0.5, 0.6) is 5.75 Å². The molecule has 158 valence electrons. The zero-order valence-corrected chi connectivity index (χ0v) is 17.5. The van der Waals surface area contributed by atoms with Crippen LogP contribution in [-0.4, -0.2) is 22.2 Å². The highest BCUT2D eigenvalue weighted by Crippen LogP contribution is 2.21. The Kier molecular flexibility index (Phi) is 14.0. The van der Waals surface area contributed by atoms with Crippen LogP contribution in [0, 0.1) is 0 Å². The second kappa shape index (κ2) is 16.2. The minimum absolute atomic E-state index is 0.0438. The number of phenols is 1. The Morgan fingerprint density at radius 3 is 2.50 bits per heavy atom. The Morgan fingerprint density at radius 2 is 1.71 bits per heavy atom. The summed E-state index contributed by atoms with van der Waals surface area (Å²) in [5.74, 6) is 0.0607. The number of phenolic OH excluding ortho intramolecular Hbond substituents is 1. The summed E-state index contributed by atoms with van der Waals surface area (Å²) in [5, 5.41) is 22.3. The predicted molar refractivity (Wildman–Crippen MR) is 118 cm³/mol. The molecule has 0 aliphatic heterocycles. The van der Waals surface area contributed by atoms with Gasteiger partial charge in [0, 0.05) is 6.42 Å². The number of hydrogen-bond donors (Lipinski definition) is 3. The Balaban J connectivity index is 1.93. The Bertz CT molecular complexity index is 557. The highest BCUT2D eigenvalue weighted by Gasteiger charge is 2.05. The second-order valence-corrected chi connectivity index (χ2v) is 7.58. The number of benzene rings is 1. The third kappa shape index (κ3) is 12.6. The zero-order valence-electron chi connectivity index (χ0n) is 17.5. The Hall–Kier alpha value is -1.81. The van der Waals surface area contributed by atoms with E-state index in [4.69, 9.17) is 0 Å². The van der Waals surface area contributed by atoms with E-state index >= 15 is 0 Å². The molecule has 0 bridgehead atoms. The van der Waals surface area contributed by atoms with E-state index in [1.807, 2.05) is 0 Å². The summed E-state index contributed by atoms with van der Waals surface area (Å²) in [6.07, 6.45) is 17.6. The maximum Gasteiger partial charge on any atom is 0.224 e. The van der Waals surface area contributed by atoms with Crippen LogP contribution in [0.3, 0.4) is 0 Å². The number of aliphatic hydroxyl groups excluding tert-OH is 1. The molecular weight excluding hydrogens is 350 g/mol.